The van der Waals surface area contributed by atoms with Crippen molar-refractivity contribution in [2.45, 2.75) is 13.0 Å². The van der Waals surface area contributed by atoms with Crippen molar-refractivity contribution in [3.63, 3.8) is 0 Å². The minimum Gasteiger partial charge on any atom is -0.459 e. The van der Waals surface area contributed by atoms with Crippen LogP contribution in [0, 0.1) is 11.6 Å². The van der Waals surface area contributed by atoms with Crippen LogP contribution in [0.25, 0.3) is 11.3 Å². The van der Waals surface area contributed by atoms with Gasteiger partial charge < -0.3 is 9.73 Å². The van der Waals surface area contributed by atoms with E-state index in [1.54, 1.807) is 12.1 Å². The lowest BCUT2D eigenvalue weighted by atomic mass is 10.1. The zero-order valence-corrected chi connectivity index (χ0v) is 9.63. The molecular formula is C13H13F2NO. The zero-order valence-electron chi connectivity index (χ0n) is 9.63. The molecule has 2 aromatic rings. The van der Waals surface area contributed by atoms with Crippen molar-refractivity contribution >= 4 is 0 Å². The minimum absolute atomic E-state index is 0.0484. The van der Waals surface area contributed by atoms with Gasteiger partial charge in [0, 0.05) is 6.07 Å². The second-order valence-corrected chi connectivity index (χ2v) is 3.84. The van der Waals surface area contributed by atoms with Crippen molar-refractivity contribution < 1.29 is 13.2 Å². The van der Waals surface area contributed by atoms with Crippen LogP contribution >= 0.6 is 0 Å². The third kappa shape index (κ3) is 2.36. The van der Waals surface area contributed by atoms with E-state index in [-0.39, 0.29) is 11.6 Å². The van der Waals surface area contributed by atoms with Gasteiger partial charge in [-0.3, -0.25) is 0 Å². The summed E-state index contributed by atoms with van der Waals surface area (Å²) in [7, 11) is 1.81. The Balaban J connectivity index is 2.37. The largest absolute Gasteiger partial charge is 0.459 e. The molecule has 0 bridgehead atoms. The summed E-state index contributed by atoms with van der Waals surface area (Å²) in [4.78, 5) is 0. The van der Waals surface area contributed by atoms with Crippen LogP contribution in [0.1, 0.15) is 18.7 Å². The van der Waals surface area contributed by atoms with Crippen LogP contribution in [-0.2, 0) is 0 Å². The number of hydrogen-bond acceptors (Lipinski definition) is 2. The summed E-state index contributed by atoms with van der Waals surface area (Å²) in [6.45, 7) is 1.93. The Morgan fingerprint density at radius 2 is 1.94 bits per heavy atom. The number of rotatable bonds is 3. The molecule has 1 aromatic carbocycles. The van der Waals surface area contributed by atoms with E-state index < -0.39 is 11.6 Å². The summed E-state index contributed by atoms with van der Waals surface area (Å²) in [6.07, 6.45) is 0. The fraction of sp³-hybridized carbons (Fsp3) is 0.231. The maximum absolute atomic E-state index is 13.5. The highest BCUT2D eigenvalue weighted by molar-refractivity contribution is 5.58. The van der Waals surface area contributed by atoms with Gasteiger partial charge in [0.25, 0.3) is 0 Å². The molecule has 1 unspecified atom stereocenters. The first-order valence-electron chi connectivity index (χ1n) is 5.34. The predicted molar refractivity (Wildman–Crippen MR) is 61.5 cm³/mol. The van der Waals surface area contributed by atoms with Crippen molar-refractivity contribution in [2.75, 3.05) is 7.05 Å². The maximum atomic E-state index is 13.5. The smallest absolute Gasteiger partial charge is 0.137 e. The van der Waals surface area contributed by atoms with Crippen molar-refractivity contribution in [1.29, 1.82) is 0 Å². The standard InChI is InChI=1S/C13H13F2NO/c1-8(16-2)12-5-6-13(17-12)10-4-3-9(14)7-11(10)15/h3-8,16H,1-2H3. The lowest BCUT2D eigenvalue weighted by Gasteiger charge is -2.05. The number of hydrogen-bond donors (Lipinski definition) is 1. The highest BCUT2D eigenvalue weighted by Gasteiger charge is 2.13. The number of benzene rings is 1. The third-order valence-corrected chi connectivity index (χ3v) is 2.68. The first-order valence-corrected chi connectivity index (χ1v) is 5.34. The van der Waals surface area contributed by atoms with Gasteiger partial charge in [-0.25, -0.2) is 8.78 Å². The second-order valence-electron chi connectivity index (χ2n) is 3.84. The first-order chi connectivity index (χ1) is 8.11. The first kappa shape index (κ1) is 11.8. The molecule has 0 saturated heterocycles. The second kappa shape index (κ2) is 4.67. The highest BCUT2D eigenvalue weighted by Crippen LogP contribution is 2.27. The Hall–Kier alpha value is -1.68. The zero-order chi connectivity index (χ0) is 12.4. The Kier molecular flexibility index (Phi) is 3.24. The molecule has 2 nitrogen and oxygen atoms in total. The molecule has 1 heterocycles. The van der Waals surface area contributed by atoms with Crippen LogP contribution in [0.2, 0.25) is 0 Å². The molecule has 1 atom stereocenters. The molecule has 0 amide bonds. The van der Waals surface area contributed by atoms with E-state index in [1.807, 2.05) is 14.0 Å². The van der Waals surface area contributed by atoms with Crippen LogP contribution in [-0.4, -0.2) is 7.05 Å². The van der Waals surface area contributed by atoms with E-state index in [9.17, 15) is 8.78 Å². The van der Waals surface area contributed by atoms with Gasteiger partial charge in [0.1, 0.15) is 23.2 Å². The van der Waals surface area contributed by atoms with Crippen molar-refractivity contribution in [1.82, 2.24) is 5.32 Å². The summed E-state index contributed by atoms with van der Waals surface area (Å²) in [5.41, 5.74) is 0.265. The third-order valence-electron chi connectivity index (χ3n) is 2.68. The van der Waals surface area contributed by atoms with Gasteiger partial charge in [-0.1, -0.05) is 0 Å². The topological polar surface area (TPSA) is 25.2 Å². The molecule has 17 heavy (non-hydrogen) atoms. The van der Waals surface area contributed by atoms with Crippen molar-refractivity contribution in [2.24, 2.45) is 0 Å². The molecule has 0 fully saturated rings. The molecule has 0 aliphatic rings. The van der Waals surface area contributed by atoms with Crippen LogP contribution < -0.4 is 5.32 Å². The average Bonchev–Trinajstić information content (AvgIpc) is 2.77. The minimum atomic E-state index is -0.622. The van der Waals surface area contributed by atoms with E-state index in [1.165, 1.54) is 12.1 Å². The van der Waals surface area contributed by atoms with Crippen LogP contribution in [0.3, 0.4) is 0 Å². The SMILES string of the molecule is CNC(C)c1ccc(-c2ccc(F)cc2F)o1. The number of furan rings is 1. The van der Waals surface area contributed by atoms with E-state index in [2.05, 4.69) is 5.32 Å². The van der Waals surface area contributed by atoms with Crippen LogP contribution in [0.15, 0.2) is 34.7 Å². The average molecular weight is 237 g/mol. The van der Waals surface area contributed by atoms with Crippen molar-refractivity contribution in [3.8, 4) is 11.3 Å². The number of nitrogens with one attached hydrogen (secondary N) is 1. The fourth-order valence-electron chi connectivity index (χ4n) is 1.56. The maximum Gasteiger partial charge on any atom is 0.137 e. The van der Waals surface area contributed by atoms with Gasteiger partial charge in [0.15, 0.2) is 0 Å². The van der Waals surface area contributed by atoms with Crippen molar-refractivity contribution in [3.05, 3.63) is 47.7 Å². The quantitative estimate of drug-likeness (QED) is 0.883. The van der Waals surface area contributed by atoms with E-state index in [0.29, 0.717) is 11.5 Å². The van der Waals surface area contributed by atoms with Gasteiger partial charge in [-0.2, -0.15) is 0 Å². The number of halogens is 2. The molecule has 90 valence electrons. The van der Waals surface area contributed by atoms with Crippen LogP contribution in [0.5, 0.6) is 0 Å². The van der Waals surface area contributed by atoms with Gasteiger partial charge in [0.2, 0.25) is 0 Å². The van der Waals surface area contributed by atoms with E-state index >= 15 is 0 Å². The summed E-state index contributed by atoms with van der Waals surface area (Å²) >= 11 is 0. The molecule has 0 radical (unpaired) electrons. The fourth-order valence-corrected chi connectivity index (χ4v) is 1.56. The molecule has 1 aromatic heterocycles. The summed E-state index contributed by atoms with van der Waals surface area (Å²) in [6, 6.07) is 6.93. The van der Waals surface area contributed by atoms with Crippen LogP contribution in [0.4, 0.5) is 8.78 Å². The Labute approximate surface area is 98.3 Å². The van der Waals surface area contributed by atoms with Gasteiger partial charge in [-0.15, -0.1) is 0 Å². The predicted octanol–water partition coefficient (Wildman–Crippen LogP) is 3.51. The summed E-state index contributed by atoms with van der Waals surface area (Å²) in [5, 5.41) is 3.02. The Morgan fingerprint density at radius 1 is 1.18 bits per heavy atom. The molecule has 0 saturated carbocycles. The normalized spacial score (nSPS) is 12.7. The summed E-state index contributed by atoms with van der Waals surface area (Å²) < 4.78 is 31.8. The monoisotopic (exact) mass is 237 g/mol. The molecule has 0 aliphatic heterocycles. The van der Waals surface area contributed by atoms with E-state index in [4.69, 9.17) is 4.42 Å². The van der Waals surface area contributed by atoms with Gasteiger partial charge in [-0.05, 0) is 38.2 Å². The lowest BCUT2D eigenvalue weighted by molar-refractivity contribution is 0.456. The molecule has 0 spiro atoms. The molecule has 2 rings (SSSR count). The highest BCUT2D eigenvalue weighted by atomic mass is 19.1. The molecular weight excluding hydrogens is 224 g/mol. The Bertz CT molecular complexity index is 522. The molecule has 0 aliphatic carbocycles. The lowest BCUT2D eigenvalue weighted by Crippen LogP contribution is -2.11. The summed E-state index contributed by atoms with van der Waals surface area (Å²) in [5.74, 6) is -0.101. The van der Waals surface area contributed by atoms with Gasteiger partial charge in [0.05, 0.1) is 11.6 Å². The van der Waals surface area contributed by atoms with Gasteiger partial charge >= 0.3 is 0 Å². The van der Waals surface area contributed by atoms with E-state index in [0.717, 1.165) is 6.07 Å². The molecule has 1 N–H and O–H groups in total. The molecule has 4 heteroatoms. The Morgan fingerprint density at radius 3 is 2.59 bits per heavy atom.